The van der Waals surface area contributed by atoms with Crippen LogP contribution in [0, 0.1) is 18.3 Å². The lowest BCUT2D eigenvalue weighted by Gasteiger charge is -2.47. The smallest absolute Gasteiger partial charge is 0.335 e. The minimum atomic E-state index is -1.33. The number of alkyl halides is 1. The number of fused-ring (bicyclic) bond motifs is 1. The Morgan fingerprint density at radius 1 is 1.23 bits per heavy atom. The number of rotatable bonds is 5. The van der Waals surface area contributed by atoms with E-state index in [1.54, 1.807) is 31.2 Å². The van der Waals surface area contributed by atoms with Crippen LogP contribution in [0.3, 0.4) is 0 Å². The predicted molar refractivity (Wildman–Crippen MR) is 117 cm³/mol. The number of anilines is 1. The summed E-state index contributed by atoms with van der Waals surface area (Å²) >= 11 is 0. The van der Waals surface area contributed by atoms with Gasteiger partial charge in [0.15, 0.2) is 0 Å². The molecule has 0 saturated heterocycles. The van der Waals surface area contributed by atoms with E-state index >= 15 is 0 Å². The molecule has 2 aliphatic rings. The number of carbonyl (C=O) groups is 1. The molecular weight excluding hydrogens is 379 g/mol. The lowest BCUT2D eigenvalue weighted by atomic mass is 9.61. The van der Waals surface area contributed by atoms with Crippen LogP contribution in [0.15, 0.2) is 36.4 Å². The van der Waals surface area contributed by atoms with E-state index in [-0.39, 0.29) is 11.6 Å². The number of aromatic nitrogens is 1. The van der Waals surface area contributed by atoms with Crippen LogP contribution in [0.25, 0.3) is 6.08 Å². The Hall–Kier alpha value is -2.69. The van der Waals surface area contributed by atoms with Gasteiger partial charge in [0.1, 0.15) is 11.5 Å². The van der Waals surface area contributed by atoms with Gasteiger partial charge in [0, 0.05) is 6.42 Å². The highest BCUT2D eigenvalue weighted by atomic mass is 19.1. The van der Waals surface area contributed by atoms with E-state index in [1.807, 2.05) is 25.1 Å². The third-order valence-electron chi connectivity index (χ3n) is 6.36. The maximum Gasteiger partial charge on any atom is 0.335 e. The number of carboxylic acids is 1. The molecule has 0 bridgehead atoms. The van der Waals surface area contributed by atoms with Crippen molar-refractivity contribution in [3.8, 4) is 0 Å². The molecule has 4 rings (SSSR count). The summed E-state index contributed by atoms with van der Waals surface area (Å²) in [5.74, 6) is 0.324. The average Bonchev–Trinajstić information content (AvgIpc) is 2.64. The molecule has 2 aromatic rings. The molecule has 1 saturated carbocycles. The number of halogens is 1. The number of hydrogen-bond acceptors (Lipinski definition) is 3. The van der Waals surface area contributed by atoms with Gasteiger partial charge in [-0.25, -0.2) is 14.2 Å². The predicted octanol–water partition coefficient (Wildman–Crippen LogP) is 5.98. The number of hydrogen-bond donors (Lipinski definition) is 2. The first-order valence-corrected chi connectivity index (χ1v) is 10.5. The van der Waals surface area contributed by atoms with Gasteiger partial charge < -0.3 is 10.4 Å². The normalized spacial score (nSPS) is 23.4. The summed E-state index contributed by atoms with van der Waals surface area (Å²) in [6.07, 6.45) is 5.87. The average molecular weight is 409 g/mol. The summed E-state index contributed by atoms with van der Waals surface area (Å²) in [6, 6.07) is 9.19. The maximum absolute atomic E-state index is 14.4. The zero-order valence-corrected chi connectivity index (χ0v) is 18.0. The van der Waals surface area contributed by atoms with E-state index in [0.717, 1.165) is 41.0 Å². The van der Waals surface area contributed by atoms with Crippen LogP contribution in [0.5, 0.6) is 0 Å². The summed E-state index contributed by atoms with van der Waals surface area (Å²) < 4.78 is 14.4. The number of aryl methyl sites for hydroxylation is 1. The van der Waals surface area contributed by atoms with Gasteiger partial charge in [-0.2, -0.15) is 0 Å². The SMILES string of the molecule is Cc1cc2c(nc1NC(c1ccc(C(=O)O)cc1)C1CC(C)(C)C1)C=CC(C)(F)C2. The largest absolute Gasteiger partial charge is 0.478 e. The number of nitrogens with one attached hydrogen (secondary N) is 1. The molecule has 0 radical (unpaired) electrons. The highest BCUT2D eigenvalue weighted by Gasteiger charge is 2.41. The minimum Gasteiger partial charge on any atom is -0.478 e. The molecule has 158 valence electrons. The van der Waals surface area contributed by atoms with Crippen molar-refractivity contribution >= 4 is 17.9 Å². The number of carboxylic acid groups (broad SMARTS) is 1. The standard InChI is InChI=1S/C25H29FN2O2/c1-15-11-18-14-25(4,26)10-9-20(18)27-22(15)28-21(19-12-24(2,3)13-19)16-5-7-17(8-6-16)23(29)30/h5-11,19,21H,12-14H2,1-4H3,(H,27,28)(H,29,30). The molecule has 1 fully saturated rings. The van der Waals surface area contributed by atoms with Crippen LogP contribution < -0.4 is 5.32 Å². The van der Waals surface area contributed by atoms with E-state index in [0.29, 0.717) is 17.8 Å². The van der Waals surface area contributed by atoms with E-state index < -0.39 is 11.6 Å². The Balaban J connectivity index is 1.65. The van der Waals surface area contributed by atoms with Crippen molar-refractivity contribution in [2.45, 2.75) is 58.7 Å². The van der Waals surface area contributed by atoms with Crippen molar-refractivity contribution in [3.63, 3.8) is 0 Å². The molecule has 1 aromatic heterocycles. The van der Waals surface area contributed by atoms with Crippen molar-refractivity contribution in [3.05, 3.63) is 64.4 Å². The second-order valence-electron chi connectivity index (χ2n) is 9.87. The van der Waals surface area contributed by atoms with E-state index in [4.69, 9.17) is 4.98 Å². The fraction of sp³-hybridized carbons (Fsp3) is 0.440. The highest BCUT2D eigenvalue weighted by molar-refractivity contribution is 5.87. The summed E-state index contributed by atoms with van der Waals surface area (Å²) in [6.45, 7) is 8.13. The number of pyridine rings is 1. The summed E-state index contributed by atoms with van der Waals surface area (Å²) in [4.78, 5) is 16.0. The molecule has 1 heterocycles. The second kappa shape index (κ2) is 7.22. The topological polar surface area (TPSA) is 62.2 Å². The number of benzene rings is 1. The van der Waals surface area contributed by atoms with Crippen LogP contribution in [0.1, 0.15) is 72.4 Å². The lowest BCUT2D eigenvalue weighted by molar-refractivity contribution is 0.0697. The third-order valence-corrected chi connectivity index (χ3v) is 6.36. The first kappa shape index (κ1) is 20.6. The van der Waals surface area contributed by atoms with Crippen molar-refractivity contribution in [2.75, 3.05) is 5.32 Å². The summed E-state index contributed by atoms with van der Waals surface area (Å²) in [5, 5.41) is 12.8. The quantitative estimate of drug-likeness (QED) is 0.639. The first-order chi connectivity index (χ1) is 14.0. The van der Waals surface area contributed by atoms with Crippen molar-refractivity contribution < 1.29 is 14.3 Å². The number of nitrogens with zero attached hydrogens (tertiary/aromatic N) is 1. The van der Waals surface area contributed by atoms with Crippen molar-refractivity contribution in [2.24, 2.45) is 11.3 Å². The monoisotopic (exact) mass is 408 g/mol. The fourth-order valence-electron chi connectivity index (χ4n) is 4.85. The maximum atomic E-state index is 14.4. The highest BCUT2D eigenvalue weighted by Crippen LogP contribution is 2.51. The van der Waals surface area contributed by atoms with Crippen LogP contribution in [-0.4, -0.2) is 21.7 Å². The summed E-state index contributed by atoms with van der Waals surface area (Å²) in [5.41, 5.74) is 3.07. The Morgan fingerprint density at radius 3 is 2.50 bits per heavy atom. The third kappa shape index (κ3) is 4.11. The van der Waals surface area contributed by atoms with Gasteiger partial charge in [0.05, 0.1) is 17.3 Å². The Bertz CT molecular complexity index is 1000. The number of allylic oxidation sites excluding steroid dienone is 1. The zero-order valence-electron chi connectivity index (χ0n) is 18.0. The molecule has 4 nitrogen and oxygen atoms in total. The molecule has 5 heteroatoms. The minimum absolute atomic E-state index is 0.0455. The van der Waals surface area contributed by atoms with E-state index in [1.165, 1.54) is 0 Å². The number of aromatic carboxylic acids is 1. The van der Waals surface area contributed by atoms with Crippen LogP contribution in [0.2, 0.25) is 0 Å². The van der Waals surface area contributed by atoms with Gasteiger partial charge in [-0.05, 0) is 79.0 Å². The van der Waals surface area contributed by atoms with Crippen LogP contribution in [0.4, 0.5) is 10.2 Å². The molecule has 2 N–H and O–H groups in total. The van der Waals surface area contributed by atoms with Crippen LogP contribution in [-0.2, 0) is 6.42 Å². The summed E-state index contributed by atoms with van der Waals surface area (Å²) in [7, 11) is 0. The van der Waals surface area contributed by atoms with Gasteiger partial charge >= 0.3 is 5.97 Å². The Morgan fingerprint density at radius 2 is 1.90 bits per heavy atom. The van der Waals surface area contributed by atoms with Gasteiger partial charge in [-0.1, -0.05) is 32.0 Å². The molecule has 2 aliphatic carbocycles. The lowest BCUT2D eigenvalue weighted by Crippen LogP contribution is -2.38. The Labute approximate surface area is 177 Å². The zero-order chi connectivity index (χ0) is 21.7. The van der Waals surface area contributed by atoms with Crippen molar-refractivity contribution in [1.29, 1.82) is 0 Å². The van der Waals surface area contributed by atoms with Gasteiger partial charge in [0.25, 0.3) is 0 Å². The van der Waals surface area contributed by atoms with E-state index in [9.17, 15) is 14.3 Å². The van der Waals surface area contributed by atoms with Gasteiger partial charge in [-0.15, -0.1) is 0 Å². The van der Waals surface area contributed by atoms with Crippen molar-refractivity contribution in [1.82, 2.24) is 4.98 Å². The van der Waals surface area contributed by atoms with Crippen LogP contribution >= 0.6 is 0 Å². The van der Waals surface area contributed by atoms with Gasteiger partial charge in [0.2, 0.25) is 0 Å². The molecule has 1 aromatic carbocycles. The van der Waals surface area contributed by atoms with E-state index in [2.05, 4.69) is 19.2 Å². The molecule has 0 aliphatic heterocycles. The molecule has 0 spiro atoms. The molecule has 2 atom stereocenters. The molecule has 0 amide bonds. The Kier molecular flexibility index (Phi) is 4.95. The fourth-order valence-corrected chi connectivity index (χ4v) is 4.85. The molecule has 30 heavy (non-hydrogen) atoms. The van der Waals surface area contributed by atoms with Gasteiger partial charge in [-0.3, -0.25) is 0 Å². The second-order valence-corrected chi connectivity index (χ2v) is 9.87. The molecule has 2 unspecified atom stereocenters. The first-order valence-electron chi connectivity index (χ1n) is 10.5. The molecular formula is C25H29FN2O2.